The van der Waals surface area contributed by atoms with Crippen LogP contribution in [0.2, 0.25) is 0 Å². The van der Waals surface area contributed by atoms with E-state index < -0.39 is 5.60 Å². The number of hydrogen-bond acceptors (Lipinski definition) is 3. The summed E-state index contributed by atoms with van der Waals surface area (Å²) in [6, 6.07) is 4.23. The minimum atomic E-state index is -1.01. The van der Waals surface area contributed by atoms with Gasteiger partial charge in [0.25, 0.3) is 0 Å². The Morgan fingerprint density at radius 1 is 1.09 bits per heavy atom. The number of ether oxygens (including phenoxy) is 2. The van der Waals surface area contributed by atoms with E-state index in [1.807, 2.05) is 6.92 Å². The van der Waals surface area contributed by atoms with Gasteiger partial charge in [-0.3, -0.25) is 0 Å². The highest BCUT2D eigenvalue weighted by Crippen LogP contribution is 2.37. The van der Waals surface area contributed by atoms with Crippen molar-refractivity contribution in [1.29, 1.82) is 0 Å². The molecule has 23 heavy (non-hydrogen) atoms. The van der Waals surface area contributed by atoms with Crippen LogP contribution in [0.4, 0.5) is 0 Å². The van der Waals surface area contributed by atoms with Crippen LogP contribution in [0, 0.1) is 13.8 Å². The van der Waals surface area contributed by atoms with Gasteiger partial charge in [0.05, 0.1) is 6.61 Å². The van der Waals surface area contributed by atoms with Crippen molar-refractivity contribution in [1.82, 2.24) is 0 Å². The van der Waals surface area contributed by atoms with E-state index in [-0.39, 0.29) is 11.4 Å². The standard InChI is InChI=1S/C20H32O3/c1-9-10-11-22-18(21)20(7,8)23-17-15(3)12-14(2)13-16(17)19(4,5)6/h12-13H,9-11H2,1-8H3. The molecule has 0 amide bonds. The van der Waals surface area contributed by atoms with Gasteiger partial charge in [-0.15, -0.1) is 0 Å². The van der Waals surface area contributed by atoms with Gasteiger partial charge >= 0.3 is 5.97 Å². The van der Waals surface area contributed by atoms with Gasteiger partial charge < -0.3 is 9.47 Å². The predicted octanol–water partition coefficient (Wildman–Crippen LogP) is 5.10. The van der Waals surface area contributed by atoms with Gasteiger partial charge in [0.15, 0.2) is 5.60 Å². The Hall–Kier alpha value is -1.51. The Morgan fingerprint density at radius 3 is 2.22 bits per heavy atom. The molecule has 1 rings (SSSR count). The first-order chi connectivity index (χ1) is 10.5. The van der Waals surface area contributed by atoms with Crippen LogP contribution in [0.25, 0.3) is 0 Å². The smallest absolute Gasteiger partial charge is 0.349 e. The van der Waals surface area contributed by atoms with Crippen molar-refractivity contribution >= 4 is 5.97 Å². The number of benzene rings is 1. The van der Waals surface area contributed by atoms with Crippen LogP contribution < -0.4 is 4.74 Å². The SMILES string of the molecule is CCCCOC(=O)C(C)(C)Oc1c(C)cc(C)cc1C(C)(C)C. The van der Waals surface area contributed by atoms with Crippen molar-refractivity contribution in [2.45, 2.75) is 79.2 Å². The number of carbonyl (C=O) groups is 1. The van der Waals surface area contributed by atoms with Gasteiger partial charge in [0.1, 0.15) is 5.75 Å². The minimum Gasteiger partial charge on any atom is -0.476 e. The van der Waals surface area contributed by atoms with Gasteiger partial charge in [-0.25, -0.2) is 4.79 Å². The largest absolute Gasteiger partial charge is 0.476 e. The van der Waals surface area contributed by atoms with Gasteiger partial charge in [-0.05, 0) is 45.1 Å². The summed E-state index contributed by atoms with van der Waals surface area (Å²) in [6.45, 7) is 16.6. The van der Waals surface area contributed by atoms with Crippen LogP contribution in [0.5, 0.6) is 5.75 Å². The Morgan fingerprint density at radius 2 is 1.70 bits per heavy atom. The molecular formula is C20H32O3. The lowest BCUT2D eigenvalue weighted by molar-refractivity contribution is -0.159. The molecule has 0 N–H and O–H groups in total. The summed E-state index contributed by atoms with van der Waals surface area (Å²) < 4.78 is 11.5. The van der Waals surface area contributed by atoms with Gasteiger partial charge in [-0.2, -0.15) is 0 Å². The van der Waals surface area contributed by atoms with Crippen molar-refractivity contribution in [3.63, 3.8) is 0 Å². The predicted molar refractivity (Wildman–Crippen MR) is 95.2 cm³/mol. The lowest BCUT2D eigenvalue weighted by atomic mass is 9.84. The highest BCUT2D eigenvalue weighted by molar-refractivity contribution is 5.79. The van der Waals surface area contributed by atoms with Crippen LogP contribution in [0.1, 0.15) is 71.1 Å². The molecule has 0 saturated heterocycles. The van der Waals surface area contributed by atoms with Crippen LogP contribution in [0.3, 0.4) is 0 Å². The second kappa shape index (κ2) is 7.37. The van der Waals surface area contributed by atoms with Crippen molar-refractivity contribution in [3.8, 4) is 5.75 Å². The Bertz CT molecular complexity index is 551. The van der Waals surface area contributed by atoms with Crippen molar-refractivity contribution < 1.29 is 14.3 Å². The number of rotatable bonds is 6. The monoisotopic (exact) mass is 320 g/mol. The first-order valence-electron chi connectivity index (χ1n) is 8.47. The molecule has 0 heterocycles. The molecule has 0 fully saturated rings. The second-order valence-electron chi connectivity index (χ2n) is 7.81. The fourth-order valence-corrected chi connectivity index (χ4v) is 2.43. The number of aryl methyl sites for hydroxylation is 2. The van der Waals surface area contributed by atoms with E-state index in [9.17, 15) is 4.79 Å². The summed E-state index contributed by atoms with van der Waals surface area (Å²) in [5.74, 6) is 0.478. The molecule has 3 heteroatoms. The minimum absolute atomic E-state index is 0.0612. The molecule has 0 bridgehead atoms. The zero-order chi connectivity index (χ0) is 17.8. The van der Waals surface area contributed by atoms with Gasteiger partial charge in [-0.1, -0.05) is 51.8 Å². The lowest BCUT2D eigenvalue weighted by Crippen LogP contribution is -2.40. The first-order valence-corrected chi connectivity index (χ1v) is 8.47. The fraction of sp³-hybridized carbons (Fsp3) is 0.650. The van der Waals surface area contributed by atoms with Crippen LogP contribution in [0.15, 0.2) is 12.1 Å². The summed E-state index contributed by atoms with van der Waals surface area (Å²) in [5.41, 5.74) is 2.29. The molecule has 0 aliphatic heterocycles. The Kier molecular flexibility index (Phi) is 6.26. The Balaban J connectivity index is 3.10. The summed E-state index contributed by atoms with van der Waals surface area (Å²) >= 11 is 0. The average Bonchev–Trinajstić information content (AvgIpc) is 2.40. The highest BCUT2D eigenvalue weighted by Gasteiger charge is 2.34. The Labute approximate surface area is 141 Å². The molecule has 0 saturated carbocycles. The van der Waals surface area contributed by atoms with E-state index in [0.717, 1.165) is 29.7 Å². The van der Waals surface area contributed by atoms with Gasteiger partial charge in [0, 0.05) is 5.56 Å². The first kappa shape index (κ1) is 19.5. The quantitative estimate of drug-likeness (QED) is 0.540. The zero-order valence-electron chi connectivity index (χ0n) is 16.0. The maximum absolute atomic E-state index is 12.3. The number of unbranched alkanes of at least 4 members (excludes halogenated alkanes) is 1. The second-order valence-corrected chi connectivity index (χ2v) is 7.81. The maximum Gasteiger partial charge on any atom is 0.349 e. The third-order valence-corrected chi connectivity index (χ3v) is 3.81. The van der Waals surface area contributed by atoms with E-state index in [0.29, 0.717) is 6.61 Å². The van der Waals surface area contributed by atoms with E-state index in [4.69, 9.17) is 9.47 Å². The molecule has 1 aromatic carbocycles. The number of carbonyl (C=O) groups excluding carboxylic acids is 1. The fourth-order valence-electron chi connectivity index (χ4n) is 2.43. The van der Waals surface area contributed by atoms with Crippen molar-refractivity contribution in [2.24, 2.45) is 0 Å². The molecule has 0 unspecified atom stereocenters. The van der Waals surface area contributed by atoms with Crippen LogP contribution >= 0.6 is 0 Å². The van der Waals surface area contributed by atoms with Crippen LogP contribution in [-0.4, -0.2) is 18.2 Å². The zero-order valence-corrected chi connectivity index (χ0v) is 16.0. The van der Waals surface area contributed by atoms with E-state index in [1.165, 1.54) is 5.56 Å². The molecule has 0 aliphatic carbocycles. The van der Waals surface area contributed by atoms with Gasteiger partial charge in [0.2, 0.25) is 0 Å². The third-order valence-electron chi connectivity index (χ3n) is 3.81. The van der Waals surface area contributed by atoms with Crippen molar-refractivity contribution in [2.75, 3.05) is 6.61 Å². The maximum atomic E-state index is 12.3. The summed E-state index contributed by atoms with van der Waals surface area (Å²) in [7, 11) is 0. The van der Waals surface area contributed by atoms with E-state index in [1.54, 1.807) is 13.8 Å². The van der Waals surface area contributed by atoms with Crippen molar-refractivity contribution in [3.05, 3.63) is 28.8 Å². The van der Waals surface area contributed by atoms with Crippen LogP contribution in [-0.2, 0) is 14.9 Å². The number of esters is 1. The normalized spacial score (nSPS) is 12.2. The average molecular weight is 320 g/mol. The molecule has 0 aromatic heterocycles. The highest BCUT2D eigenvalue weighted by atomic mass is 16.6. The molecule has 0 radical (unpaired) electrons. The summed E-state index contributed by atoms with van der Waals surface area (Å²) in [6.07, 6.45) is 1.87. The lowest BCUT2D eigenvalue weighted by Gasteiger charge is -2.30. The third kappa shape index (κ3) is 5.26. The molecule has 130 valence electrons. The van der Waals surface area contributed by atoms with E-state index in [2.05, 4.69) is 46.8 Å². The number of hydrogen-bond donors (Lipinski definition) is 0. The molecular weight excluding hydrogens is 288 g/mol. The molecule has 3 nitrogen and oxygen atoms in total. The topological polar surface area (TPSA) is 35.5 Å². The molecule has 0 atom stereocenters. The molecule has 0 spiro atoms. The molecule has 0 aliphatic rings. The summed E-state index contributed by atoms with van der Waals surface area (Å²) in [4.78, 5) is 12.3. The summed E-state index contributed by atoms with van der Waals surface area (Å²) in [5, 5.41) is 0. The molecule has 1 aromatic rings. The van der Waals surface area contributed by atoms with E-state index >= 15 is 0 Å².